The Hall–Kier alpha value is -2.63. The number of aromatic nitrogens is 1. The predicted octanol–water partition coefficient (Wildman–Crippen LogP) is 5.65. The molecule has 1 N–H and O–H groups in total. The summed E-state index contributed by atoms with van der Waals surface area (Å²) in [6, 6.07) is 10.6. The fourth-order valence-corrected chi connectivity index (χ4v) is 3.57. The Kier molecular flexibility index (Phi) is 5.59. The summed E-state index contributed by atoms with van der Waals surface area (Å²) in [4.78, 5) is 25.2. The van der Waals surface area contributed by atoms with E-state index in [1.807, 2.05) is 6.92 Å². The van der Waals surface area contributed by atoms with Crippen molar-refractivity contribution in [2.45, 2.75) is 20.4 Å². The zero-order valence-electron chi connectivity index (χ0n) is 15.1. The molecule has 0 spiro atoms. The quantitative estimate of drug-likeness (QED) is 0.593. The molecule has 0 amide bonds. The summed E-state index contributed by atoms with van der Waals surface area (Å²) < 4.78 is 15.7. The van der Waals surface area contributed by atoms with Gasteiger partial charge < -0.3 is 9.67 Å². The number of nitrogens with zero attached hydrogens (tertiary/aromatic N) is 1. The van der Waals surface area contributed by atoms with Crippen LogP contribution in [0.5, 0.6) is 0 Å². The van der Waals surface area contributed by atoms with Crippen LogP contribution in [-0.4, -0.2) is 15.6 Å². The molecule has 1 heterocycles. The average molecular weight is 420 g/mol. The number of carboxylic acid groups (broad SMARTS) is 1. The second kappa shape index (κ2) is 7.78. The fourth-order valence-electron chi connectivity index (χ4n) is 3.33. The molecule has 0 radical (unpaired) electrons. The summed E-state index contributed by atoms with van der Waals surface area (Å²) in [5.41, 5.74) is 0.765. The minimum absolute atomic E-state index is 0.0828. The van der Waals surface area contributed by atoms with Crippen LogP contribution in [0.3, 0.4) is 0 Å². The van der Waals surface area contributed by atoms with E-state index in [1.54, 1.807) is 35.8 Å². The molecule has 0 aliphatic carbocycles. The molecule has 0 unspecified atom stereocenters. The Balaban J connectivity index is 2.44. The minimum atomic E-state index is -1.38. The molecule has 28 heavy (non-hydrogen) atoms. The zero-order chi connectivity index (χ0) is 20.6. The summed E-state index contributed by atoms with van der Waals surface area (Å²) in [5.74, 6) is -2.07. The minimum Gasteiger partial charge on any atom is -0.477 e. The molecule has 0 aliphatic rings. The third kappa shape index (κ3) is 3.43. The number of carboxylic acids is 1. The maximum Gasteiger partial charge on any atom is 0.341 e. The van der Waals surface area contributed by atoms with Gasteiger partial charge >= 0.3 is 5.97 Å². The number of rotatable bonds is 4. The van der Waals surface area contributed by atoms with Gasteiger partial charge in [0, 0.05) is 28.4 Å². The zero-order valence-corrected chi connectivity index (χ0v) is 16.6. The monoisotopic (exact) mass is 419 g/mol. The van der Waals surface area contributed by atoms with E-state index in [0.717, 1.165) is 6.07 Å². The lowest BCUT2D eigenvalue weighted by Crippen LogP contribution is -2.25. The average Bonchev–Trinajstić information content (AvgIpc) is 2.64. The molecule has 0 aliphatic heterocycles. The lowest BCUT2D eigenvalue weighted by molar-refractivity contribution is 0.0695. The predicted molar refractivity (Wildman–Crippen MR) is 109 cm³/mol. The van der Waals surface area contributed by atoms with Gasteiger partial charge in [-0.2, -0.15) is 0 Å². The number of aromatic carboxylic acids is 1. The molecule has 0 saturated carbocycles. The molecule has 1 aromatic heterocycles. The van der Waals surface area contributed by atoms with Gasteiger partial charge in [-0.1, -0.05) is 41.4 Å². The highest BCUT2D eigenvalue weighted by atomic mass is 35.5. The van der Waals surface area contributed by atoms with Gasteiger partial charge in [0.05, 0.1) is 10.7 Å². The van der Waals surface area contributed by atoms with Crippen molar-refractivity contribution < 1.29 is 14.3 Å². The van der Waals surface area contributed by atoms with Crippen LogP contribution < -0.4 is 5.43 Å². The number of halogens is 3. The lowest BCUT2D eigenvalue weighted by Gasteiger charge is -2.21. The topological polar surface area (TPSA) is 59.3 Å². The van der Waals surface area contributed by atoms with Gasteiger partial charge in [-0.3, -0.25) is 4.79 Å². The summed E-state index contributed by atoms with van der Waals surface area (Å²) in [6.45, 7) is 3.94. The first-order valence-electron chi connectivity index (χ1n) is 8.48. The summed E-state index contributed by atoms with van der Waals surface area (Å²) in [6.07, 6.45) is 0. The van der Waals surface area contributed by atoms with Crippen molar-refractivity contribution in [1.82, 2.24) is 4.57 Å². The Morgan fingerprint density at radius 3 is 2.25 bits per heavy atom. The van der Waals surface area contributed by atoms with Gasteiger partial charge in [0.2, 0.25) is 5.43 Å². The molecule has 3 aromatic rings. The summed E-state index contributed by atoms with van der Waals surface area (Å²) in [7, 11) is 0. The standard InChI is InChI=1S/C21H16Cl2FNO3/c1-3-25-11(2)17(12-4-7-14(22)8-5-12)20(26)18(21(27)28)19(25)13-6-9-15(23)16(24)10-13/h4-10H,3H2,1-2H3,(H,27,28). The van der Waals surface area contributed by atoms with Gasteiger partial charge in [0.15, 0.2) is 0 Å². The lowest BCUT2D eigenvalue weighted by atomic mass is 9.96. The Morgan fingerprint density at radius 2 is 1.71 bits per heavy atom. The van der Waals surface area contributed by atoms with Crippen LogP contribution in [0.1, 0.15) is 23.0 Å². The van der Waals surface area contributed by atoms with Crippen LogP contribution in [0, 0.1) is 12.7 Å². The van der Waals surface area contributed by atoms with Crippen molar-refractivity contribution in [2.75, 3.05) is 0 Å². The summed E-state index contributed by atoms with van der Waals surface area (Å²) in [5, 5.41) is 10.2. The number of pyridine rings is 1. The van der Waals surface area contributed by atoms with Gasteiger partial charge in [0.25, 0.3) is 0 Å². The van der Waals surface area contributed by atoms with Crippen molar-refractivity contribution in [1.29, 1.82) is 0 Å². The van der Waals surface area contributed by atoms with E-state index in [1.165, 1.54) is 12.1 Å². The van der Waals surface area contributed by atoms with E-state index in [2.05, 4.69) is 0 Å². The molecular weight excluding hydrogens is 404 g/mol. The third-order valence-electron chi connectivity index (χ3n) is 4.58. The molecule has 0 atom stereocenters. The number of hydrogen-bond donors (Lipinski definition) is 1. The molecule has 2 aromatic carbocycles. The van der Waals surface area contributed by atoms with Crippen LogP contribution >= 0.6 is 23.2 Å². The van der Waals surface area contributed by atoms with Crippen molar-refractivity contribution in [2.24, 2.45) is 0 Å². The van der Waals surface area contributed by atoms with E-state index in [9.17, 15) is 19.1 Å². The maximum absolute atomic E-state index is 14.0. The van der Waals surface area contributed by atoms with Crippen LogP contribution in [0.25, 0.3) is 22.4 Å². The first-order chi connectivity index (χ1) is 13.3. The molecule has 144 valence electrons. The number of carbonyl (C=O) groups is 1. The van der Waals surface area contributed by atoms with Crippen molar-refractivity contribution >= 4 is 29.2 Å². The summed E-state index contributed by atoms with van der Waals surface area (Å²) >= 11 is 11.7. The first-order valence-corrected chi connectivity index (χ1v) is 9.23. The molecule has 0 bridgehead atoms. The van der Waals surface area contributed by atoms with Gasteiger partial charge in [-0.25, -0.2) is 9.18 Å². The molecule has 0 fully saturated rings. The van der Waals surface area contributed by atoms with E-state index in [-0.39, 0.29) is 21.8 Å². The van der Waals surface area contributed by atoms with E-state index < -0.39 is 22.8 Å². The van der Waals surface area contributed by atoms with E-state index >= 15 is 0 Å². The molecular formula is C21H16Cl2FNO3. The van der Waals surface area contributed by atoms with Gasteiger partial charge in [0.1, 0.15) is 11.4 Å². The van der Waals surface area contributed by atoms with E-state index in [0.29, 0.717) is 22.8 Å². The second-order valence-electron chi connectivity index (χ2n) is 6.20. The molecule has 7 heteroatoms. The fraction of sp³-hybridized carbons (Fsp3) is 0.143. The van der Waals surface area contributed by atoms with Crippen LogP contribution in [0.4, 0.5) is 4.39 Å². The van der Waals surface area contributed by atoms with Crippen LogP contribution in [-0.2, 0) is 6.54 Å². The smallest absolute Gasteiger partial charge is 0.341 e. The largest absolute Gasteiger partial charge is 0.477 e. The van der Waals surface area contributed by atoms with Crippen molar-refractivity contribution in [3.05, 3.63) is 79.8 Å². The highest BCUT2D eigenvalue weighted by molar-refractivity contribution is 6.31. The highest BCUT2D eigenvalue weighted by Gasteiger charge is 2.25. The number of benzene rings is 2. The van der Waals surface area contributed by atoms with Gasteiger partial charge in [-0.15, -0.1) is 0 Å². The Labute approximate surface area is 170 Å². The normalized spacial score (nSPS) is 10.9. The Morgan fingerprint density at radius 1 is 1.11 bits per heavy atom. The Bertz CT molecular complexity index is 1140. The highest BCUT2D eigenvalue weighted by Crippen LogP contribution is 2.31. The first kappa shape index (κ1) is 20.1. The van der Waals surface area contributed by atoms with E-state index in [4.69, 9.17) is 23.2 Å². The molecule has 4 nitrogen and oxygen atoms in total. The van der Waals surface area contributed by atoms with Crippen molar-refractivity contribution in [3.8, 4) is 22.4 Å². The van der Waals surface area contributed by atoms with Crippen LogP contribution in [0.2, 0.25) is 10.0 Å². The second-order valence-corrected chi connectivity index (χ2v) is 7.04. The SMILES string of the molecule is CCn1c(C)c(-c2ccc(Cl)cc2)c(=O)c(C(=O)O)c1-c1ccc(Cl)c(F)c1. The number of hydrogen-bond acceptors (Lipinski definition) is 2. The van der Waals surface area contributed by atoms with Crippen LogP contribution in [0.15, 0.2) is 47.3 Å². The molecule has 3 rings (SSSR count). The van der Waals surface area contributed by atoms with Crippen molar-refractivity contribution in [3.63, 3.8) is 0 Å². The van der Waals surface area contributed by atoms with Gasteiger partial charge in [-0.05, 0) is 43.7 Å². The molecule has 0 saturated heterocycles. The maximum atomic E-state index is 14.0. The third-order valence-corrected chi connectivity index (χ3v) is 5.14.